The summed E-state index contributed by atoms with van der Waals surface area (Å²) in [6.45, 7) is 7.54. The molecule has 1 aliphatic carbocycles. The number of carboxylic acids is 1. The Morgan fingerprint density at radius 3 is 2.40 bits per heavy atom. The second kappa shape index (κ2) is 6.95. The van der Waals surface area contributed by atoms with E-state index >= 15 is 0 Å². The zero-order valence-electron chi connectivity index (χ0n) is 13.1. The molecule has 0 saturated heterocycles. The Hall–Kier alpha value is -1.26. The summed E-state index contributed by atoms with van der Waals surface area (Å²) in [6, 6.07) is -0.0921. The normalized spacial score (nSPS) is 23.8. The molecule has 1 rings (SSSR count). The molecular weight excluding hydrogens is 256 g/mol. The summed E-state index contributed by atoms with van der Waals surface area (Å²) >= 11 is 0. The van der Waals surface area contributed by atoms with Crippen molar-refractivity contribution in [2.75, 3.05) is 6.54 Å². The number of nitrogens with zero attached hydrogens (tertiary/aromatic N) is 1. The maximum atomic E-state index is 12.3. The first-order valence-electron chi connectivity index (χ1n) is 7.50. The molecule has 5 heteroatoms. The third-order valence-electron chi connectivity index (χ3n) is 3.93. The summed E-state index contributed by atoms with van der Waals surface area (Å²) in [4.78, 5) is 24.7. The number of hydrogen-bond acceptors (Lipinski definition) is 2. The van der Waals surface area contributed by atoms with Gasteiger partial charge in [-0.05, 0) is 46.0 Å². The van der Waals surface area contributed by atoms with E-state index in [9.17, 15) is 9.59 Å². The van der Waals surface area contributed by atoms with E-state index in [1.54, 1.807) is 0 Å². The van der Waals surface area contributed by atoms with Gasteiger partial charge in [0.25, 0.3) is 0 Å². The monoisotopic (exact) mass is 284 g/mol. The minimum Gasteiger partial charge on any atom is -0.480 e. The Kier molecular flexibility index (Phi) is 5.84. The predicted octanol–water partition coefficient (Wildman–Crippen LogP) is 2.85. The molecule has 1 aliphatic rings. The van der Waals surface area contributed by atoms with Gasteiger partial charge in [0.05, 0.1) is 0 Å². The highest BCUT2D eigenvalue weighted by molar-refractivity contribution is 5.81. The molecule has 2 N–H and O–H groups in total. The lowest BCUT2D eigenvalue weighted by atomic mass is 10.0. The molecule has 0 radical (unpaired) electrons. The van der Waals surface area contributed by atoms with E-state index in [2.05, 4.69) is 12.2 Å². The summed E-state index contributed by atoms with van der Waals surface area (Å²) < 4.78 is 0. The Morgan fingerprint density at radius 2 is 1.85 bits per heavy atom. The molecule has 0 aromatic rings. The van der Waals surface area contributed by atoms with Crippen molar-refractivity contribution in [1.82, 2.24) is 10.2 Å². The third-order valence-corrected chi connectivity index (χ3v) is 3.93. The van der Waals surface area contributed by atoms with Gasteiger partial charge in [-0.15, -0.1) is 0 Å². The van der Waals surface area contributed by atoms with Crippen LogP contribution in [0.4, 0.5) is 4.79 Å². The van der Waals surface area contributed by atoms with Crippen molar-refractivity contribution in [2.24, 2.45) is 5.92 Å². The van der Waals surface area contributed by atoms with Crippen LogP contribution in [0.3, 0.4) is 0 Å². The number of hydrogen-bond donors (Lipinski definition) is 2. The van der Waals surface area contributed by atoms with Crippen LogP contribution >= 0.6 is 0 Å². The minimum absolute atomic E-state index is 0.172. The molecule has 1 fully saturated rings. The van der Waals surface area contributed by atoms with Crippen LogP contribution in [0, 0.1) is 5.92 Å². The highest BCUT2D eigenvalue weighted by Gasteiger charge is 2.30. The van der Waals surface area contributed by atoms with Crippen LogP contribution in [0.2, 0.25) is 0 Å². The number of nitrogens with one attached hydrogen (secondary N) is 1. The lowest BCUT2D eigenvalue weighted by Crippen LogP contribution is -2.54. The van der Waals surface area contributed by atoms with Crippen molar-refractivity contribution in [2.45, 2.75) is 71.4 Å². The Labute approximate surface area is 121 Å². The average molecular weight is 284 g/mol. The standard InChI is InChI=1S/C15H28N2O3/c1-11-6-5-7-12(9-8-11)16-14(20)17(10-13(18)19)15(2,3)4/h11-12H,5-10H2,1-4H3,(H,16,20)(H,18,19). The van der Waals surface area contributed by atoms with Crippen LogP contribution in [-0.2, 0) is 4.79 Å². The van der Waals surface area contributed by atoms with Gasteiger partial charge in [-0.25, -0.2) is 4.79 Å². The van der Waals surface area contributed by atoms with Gasteiger partial charge in [0.1, 0.15) is 6.54 Å². The van der Waals surface area contributed by atoms with Crippen molar-refractivity contribution >= 4 is 12.0 Å². The van der Waals surface area contributed by atoms with E-state index < -0.39 is 11.5 Å². The predicted molar refractivity (Wildman–Crippen MR) is 78.7 cm³/mol. The molecule has 0 bridgehead atoms. The molecule has 0 aliphatic heterocycles. The highest BCUT2D eigenvalue weighted by atomic mass is 16.4. The van der Waals surface area contributed by atoms with Crippen LogP contribution < -0.4 is 5.32 Å². The van der Waals surface area contributed by atoms with Gasteiger partial charge in [0.15, 0.2) is 0 Å². The van der Waals surface area contributed by atoms with Gasteiger partial charge in [-0.1, -0.05) is 19.8 Å². The largest absolute Gasteiger partial charge is 0.480 e. The number of carbonyl (C=O) groups excluding carboxylic acids is 1. The maximum absolute atomic E-state index is 12.3. The molecule has 0 aromatic heterocycles. The maximum Gasteiger partial charge on any atom is 0.323 e. The number of amides is 2. The molecule has 2 unspecified atom stereocenters. The number of aliphatic carboxylic acids is 1. The molecule has 5 nitrogen and oxygen atoms in total. The first-order chi connectivity index (χ1) is 9.20. The van der Waals surface area contributed by atoms with E-state index in [0.29, 0.717) is 0 Å². The summed E-state index contributed by atoms with van der Waals surface area (Å²) in [6.07, 6.45) is 5.43. The van der Waals surface area contributed by atoms with E-state index in [1.165, 1.54) is 11.3 Å². The smallest absolute Gasteiger partial charge is 0.323 e. The first kappa shape index (κ1) is 16.8. The number of rotatable bonds is 3. The fourth-order valence-corrected chi connectivity index (χ4v) is 2.63. The summed E-state index contributed by atoms with van der Waals surface area (Å²) in [5.74, 6) is -0.265. The number of carboxylic acid groups (broad SMARTS) is 1. The SMILES string of the molecule is CC1CCCC(NC(=O)N(CC(=O)O)C(C)(C)C)CC1. The van der Waals surface area contributed by atoms with Crippen molar-refractivity contribution in [3.05, 3.63) is 0 Å². The molecular formula is C15H28N2O3. The topological polar surface area (TPSA) is 69.6 Å². The van der Waals surface area contributed by atoms with Crippen molar-refractivity contribution in [3.63, 3.8) is 0 Å². The fraction of sp³-hybridized carbons (Fsp3) is 0.867. The van der Waals surface area contributed by atoms with Gasteiger partial charge >= 0.3 is 12.0 Å². The highest BCUT2D eigenvalue weighted by Crippen LogP contribution is 2.23. The van der Waals surface area contributed by atoms with Crippen LogP contribution in [0.5, 0.6) is 0 Å². The molecule has 2 amide bonds. The van der Waals surface area contributed by atoms with Crippen LogP contribution in [0.15, 0.2) is 0 Å². The van der Waals surface area contributed by atoms with Crippen molar-refractivity contribution in [3.8, 4) is 0 Å². The number of carbonyl (C=O) groups is 2. The minimum atomic E-state index is -0.982. The Balaban J connectivity index is 2.63. The van der Waals surface area contributed by atoms with Crippen LogP contribution in [-0.4, -0.2) is 40.1 Å². The molecule has 0 spiro atoms. The van der Waals surface area contributed by atoms with Gasteiger partial charge in [-0.3, -0.25) is 4.79 Å². The second-order valence-corrected chi connectivity index (χ2v) is 6.91. The van der Waals surface area contributed by atoms with Crippen LogP contribution in [0.1, 0.15) is 59.8 Å². The van der Waals surface area contributed by atoms with Gasteiger partial charge in [0, 0.05) is 11.6 Å². The summed E-state index contributed by atoms with van der Waals surface area (Å²) in [5, 5.41) is 12.0. The van der Waals surface area contributed by atoms with Gasteiger partial charge < -0.3 is 15.3 Å². The van der Waals surface area contributed by atoms with E-state index in [0.717, 1.165) is 31.6 Å². The quantitative estimate of drug-likeness (QED) is 0.783. The summed E-state index contributed by atoms with van der Waals surface area (Å²) in [7, 11) is 0. The van der Waals surface area contributed by atoms with Crippen LogP contribution in [0.25, 0.3) is 0 Å². The van der Waals surface area contributed by atoms with E-state index in [-0.39, 0.29) is 18.6 Å². The fourth-order valence-electron chi connectivity index (χ4n) is 2.63. The zero-order valence-corrected chi connectivity index (χ0v) is 13.1. The molecule has 0 heterocycles. The third kappa shape index (κ3) is 5.39. The lowest BCUT2D eigenvalue weighted by Gasteiger charge is -2.35. The zero-order chi connectivity index (χ0) is 15.3. The average Bonchev–Trinajstić information content (AvgIpc) is 2.49. The second-order valence-electron chi connectivity index (χ2n) is 6.91. The molecule has 0 aromatic carbocycles. The van der Waals surface area contributed by atoms with E-state index in [1.807, 2.05) is 20.8 Å². The lowest BCUT2D eigenvalue weighted by molar-refractivity contribution is -0.138. The molecule has 2 atom stereocenters. The van der Waals surface area contributed by atoms with Crippen molar-refractivity contribution in [1.29, 1.82) is 0 Å². The van der Waals surface area contributed by atoms with Gasteiger partial charge in [-0.2, -0.15) is 0 Å². The first-order valence-corrected chi connectivity index (χ1v) is 7.50. The Morgan fingerprint density at radius 1 is 1.20 bits per heavy atom. The molecule has 20 heavy (non-hydrogen) atoms. The van der Waals surface area contributed by atoms with Crippen molar-refractivity contribution < 1.29 is 14.7 Å². The summed E-state index contributed by atoms with van der Waals surface area (Å²) in [5.41, 5.74) is -0.500. The number of urea groups is 1. The Bertz CT molecular complexity index is 350. The van der Waals surface area contributed by atoms with Gasteiger partial charge in [0.2, 0.25) is 0 Å². The molecule has 1 saturated carbocycles. The molecule has 116 valence electrons. The van der Waals surface area contributed by atoms with E-state index in [4.69, 9.17) is 5.11 Å².